The zero-order chi connectivity index (χ0) is 13.7. The van der Waals surface area contributed by atoms with Crippen molar-refractivity contribution in [3.63, 3.8) is 0 Å². The van der Waals surface area contributed by atoms with E-state index < -0.39 is 0 Å². The van der Waals surface area contributed by atoms with Gasteiger partial charge in [0.15, 0.2) is 5.78 Å². The number of carbonyl (C=O) groups is 2. The molecule has 0 saturated heterocycles. The Morgan fingerprint density at radius 2 is 1.83 bits per heavy atom. The monoisotopic (exact) mass is 246 g/mol. The Kier molecular flexibility index (Phi) is 4.66. The first-order chi connectivity index (χ1) is 8.41. The second-order valence-corrected chi connectivity index (χ2v) is 4.27. The standard InChI is InChI=1S/C14H18N2O2/c1-11(17)16(4)13-7-5-6-12(10-13)14(18)8-9-15(2)3/h5-10H,1-4H3/b9-8-. The lowest BCUT2D eigenvalue weighted by Crippen LogP contribution is -2.22. The van der Waals surface area contributed by atoms with Crippen LogP contribution in [0.2, 0.25) is 0 Å². The van der Waals surface area contributed by atoms with Crippen LogP contribution in [0, 0.1) is 0 Å². The summed E-state index contributed by atoms with van der Waals surface area (Å²) in [6, 6.07) is 7.02. The van der Waals surface area contributed by atoms with Gasteiger partial charge in [-0.15, -0.1) is 0 Å². The van der Waals surface area contributed by atoms with Crippen LogP contribution in [0.1, 0.15) is 17.3 Å². The molecule has 0 atom stereocenters. The lowest BCUT2D eigenvalue weighted by molar-refractivity contribution is -0.116. The molecule has 18 heavy (non-hydrogen) atoms. The summed E-state index contributed by atoms with van der Waals surface area (Å²) in [5, 5.41) is 0. The molecular weight excluding hydrogens is 228 g/mol. The van der Waals surface area contributed by atoms with Gasteiger partial charge in [-0.05, 0) is 12.1 Å². The maximum absolute atomic E-state index is 11.9. The third-order valence-electron chi connectivity index (χ3n) is 2.51. The Morgan fingerprint density at radius 1 is 1.17 bits per heavy atom. The summed E-state index contributed by atoms with van der Waals surface area (Å²) in [5.74, 6) is -0.147. The highest BCUT2D eigenvalue weighted by molar-refractivity contribution is 6.05. The van der Waals surface area contributed by atoms with Gasteiger partial charge in [0.25, 0.3) is 0 Å². The lowest BCUT2D eigenvalue weighted by atomic mass is 10.1. The summed E-state index contributed by atoms with van der Waals surface area (Å²) < 4.78 is 0. The molecule has 0 radical (unpaired) electrons. The van der Waals surface area contributed by atoms with Gasteiger partial charge in [0.2, 0.25) is 5.91 Å². The van der Waals surface area contributed by atoms with E-state index in [9.17, 15) is 9.59 Å². The van der Waals surface area contributed by atoms with E-state index in [1.807, 2.05) is 14.1 Å². The molecule has 1 rings (SSSR count). The Bertz CT molecular complexity index is 478. The van der Waals surface area contributed by atoms with Crippen molar-refractivity contribution in [2.45, 2.75) is 6.92 Å². The minimum atomic E-state index is -0.0810. The maximum Gasteiger partial charge on any atom is 0.223 e. The quantitative estimate of drug-likeness (QED) is 0.602. The van der Waals surface area contributed by atoms with Crippen LogP contribution in [-0.4, -0.2) is 37.7 Å². The number of benzene rings is 1. The molecule has 0 aliphatic heterocycles. The number of hydrogen-bond acceptors (Lipinski definition) is 3. The van der Waals surface area contributed by atoms with Gasteiger partial charge in [0.05, 0.1) is 0 Å². The van der Waals surface area contributed by atoms with E-state index in [1.54, 1.807) is 42.4 Å². The molecule has 0 bridgehead atoms. The van der Waals surface area contributed by atoms with Crippen molar-refractivity contribution >= 4 is 17.4 Å². The van der Waals surface area contributed by atoms with Crippen molar-refractivity contribution in [3.05, 3.63) is 42.1 Å². The molecule has 0 N–H and O–H groups in total. The van der Waals surface area contributed by atoms with E-state index in [0.29, 0.717) is 11.3 Å². The van der Waals surface area contributed by atoms with E-state index in [-0.39, 0.29) is 11.7 Å². The van der Waals surface area contributed by atoms with Crippen LogP contribution in [0.5, 0.6) is 0 Å². The first-order valence-corrected chi connectivity index (χ1v) is 5.65. The highest BCUT2D eigenvalue weighted by Crippen LogP contribution is 2.15. The number of hydrogen-bond donors (Lipinski definition) is 0. The molecule has 4 heteroatoms. The molecule has 0 aliphatic rings. The Labute approximate surface area is 108 Å². The molecule has 4 nitrogen and oxygen atoms in total. The van der Waals surface area contributed by atoms with E-state index >= 15 is 0 Å². The number of rotatable bonds is 4. The van der Waals surface area contributed by atoms with Gasteiger partial charge in [-0.25, -0.2) is 0 Å². The van der Waals surface area contributed by atoms with Gasteiger partial charge in [-0.2, -0.15) is 0 Å². The molecule has 0 aliphatic carbocycles. The summed E-state index contributed by atoms with van der Waals surface area (Å²) in [6.45, 7) is 1.49. The number of carbonyl (C=O) groups excluding carboxylic acids is 2. The van der Waals surface area contributed by atoms with E-state index in [0.717, 1.165) is 0 Å². The van der Waals surface area contributed by atoms with Crippen molar-refractivity contribution in [2.24, 2.45) is 0 Å². The van der Waals surface area contributed by atoms with Crippen LogP contribution in [0.3, 0.4) is 0 Å². The van der Waals surface area contributed by atoms with E-state index in [1.165, 1.54) is 17.9 Å². The average Bonchev–Trinajstić information content (AvgIpc) is 2.34. The van der Waals surface area contributed by atoms with Crippen LogP contribution in [-0.2, 0) is 4.79 Å². The SMILES string of the molecule is CC(=O)N(C)c1cccc(C(=O)/C=C\N(C)C)c1. The number of allylic oxidation sites excluding steroid dienone is 1. The maximum atomic E-state index is 11.9. The van der Waals surface area contributed by atoms with Crippen LogP contribution in [0.4, 0.5) is 5.69 Å². The van der Waals surface area contributed by atoms with Gasteiger partial charge in [0.1, 0.15) is 0 Å². The van der Waals surface area contributed by atoms with Crippen molar-refractivity contribution in [1.82, 2.24) is 4.90 Å². The topological polar surface area (TPSA) is 40.6 Å². The Morgan fingerprint density at radius 3 is 2.39 bits per heavy atom. The third kappa shape index (κ3) is 3.73. The van der Waals surface area contributed by atoms with E-state index in [2.05, 4.69) is 0 Å². The Hall–Kier alpha value is -2.10. The predicted molar refractivity (Wildman–Crippen MR) is 72.7 cm³/mol. The van der Waals surface area contributed by atoms with Gasteiger partial charge < -0.3 is 9.80 Å². The van der Waals surface area contributed by atoms with Gasteiger partial charge in [-0.1, -0.05) is 12.1 Å². The minimum Gasteiger partial charge on any atom is -0.383 e. The van der Waals surface area contributed by atoms with Crippen molar-refractivity contribution < 1.29 is 9.59 Å². The molecular formula is C14H18N2O2. The van der Waals surface area contributed by atoms with Crippen molar-refractivity contribution in [3.8, 4) is 0 Å². The molecule has 1 aromatic rings. The summed E-state index contributed by atoms with van der Waals surface area (Å²) in [4.78, 5) is 26.4. The summed E-state index contributed by atoms with van der Waals surface area (Å²) in [6.07, 6.45) is 3.20. The molecule has 0 unspecified atom stereocenters. The highest BCUT2D eigenvalue weighted by Gasteiger charge is 2.08. The zero-order valence-corrected chi connectivity index (χ0v) is 11.2. The molecule has 1 amide bonds. The zero-order valence-electron chi connectivity index (χ0n) is 11.2. The van der Waals surface area contributed by atoms with Crippen molar-refractivity contribution in [2.75, 3.05) is 26.0 Å². The minimum absolute atomic E-state index is 0.0663. The first kappa shape index (κ1) is 14.0. The molecule has 0 spiro atoms. The van der Waals surface area contributed by atoms with E-state index in [4.69, 9.17) is 0 Å². The second kappa shape index (κ2) is 6.00. The second-order valence-electron chi connectivity index (χ2n) is 4.27. The summed E-state index contributed by atoms with van der Waals surface area (Å²) in [7, 11) is 5.38. The number of amides is 1. The molecule has 1 aromatic carbocycles. The van der Waals surface area contributed by atoms with Gasteiger partial charge >= 0.3 is 0 Å². The molecule has 0 fully saturated rings. The normalized spacial score (nSPS) is 10.4. The molecule has 0 aromatic heterocycles. The number of nitrogens with zero attached hydrogens (tertiary/aromatic N) is 2. The fourth-order valence-corrected chi connectivity index (χ4v) is 1.36. The summed E-state index contributed by atoms with van der Waals surface area (Å²) in [5.41, 5.74) is 1.28. The fourth-order valence-electron chi connectivity index (χ4n) is 1.36. The molecule has 96 valence electrons. The highest BCUT2D eigenvalue weighted by atomic mass is 16.2. The van der Waals surface area contributed by atoms with Crippen molar-refractivity contribution in [1.29, 1.82) is 0 Å². The number of ketones is 1. The Balaban J connectivity index is 2.95. The van der Waals surface area contributed by atoms with Gasteiger partial charge in [-0.3, -0.25) is 9.59 Å². The fraction of sp³-hybridized carbons (Fsp3) is 0.286. The van der Waals surface area contributed by atoms with Crippen LogP contribution < -0.4 is 4.90 Å². The van der Waals surface area contributed by atoms with Crippen LogP contribution >= 0.6 is 0 Å². The average molecular weight is 246 g/mol. The third-order valence-corrected chi connectivity index (χ3v) is 2.51. The largest absolute Gasteiger partial charge is 0.383 e. The van der Waals surface area contributed by atoms with Gasteiger partial charge in [0, 0.05) is 51.6 Å². The molecule has 0 heterocycles. The predicted octanol–water partition coefficient (Wildman–Crippen LogP) is 1.93. The first-order valence-electron chi connectivity index (χ1n) is 5.65. The summed E-state index contributed by atoms with van der Waals surface area (Å²) >= 11 is 0. The van der Waals surface area contributed by atoms with Crippen LogP contribution in [0.25, 0.3) is 0 Å². The van der Waals surface area contributed by atoms with Crippen LogP contribution in [0.15, 0.2) is 36.5 Å². The molecule has 0 saturated carbocycles. The number of anilines is 1. The lowest BCUT2D eigenvalue weighted by Gasteiger charge is -2.15. The smallest absolute Gasteiger partial charge is 0.223 e.